The molecule has 1 aromatic rings. The van der Waals surface area contributed by atoms with Gasteiger partial charge in [-0.05, 0) is 18.4 Å². The van der Waals surface area contributed by atoms with E-state index in [1.54, 1.807) is 0 Å². The highest BCUT2D eigenvalue weighted by atomic mass is 15.1. The Morgan fingerprint density at radius 2 is 2.14 bits per heavy atom. The van der Waals surface area contributed by atoms with E-state index in [-0.39, 0.29) is 6.17 Å². The molecule has 0 aromatic heterocycles. The number of hydrogen-bond donors (Lipinski definition) is 1. The van der Waals surface area contributed by atoms with Crippen molar-refractivity contribution in [3.8, 4) is 0 Å². The average Bonchev–Trinajstić information content (AvgIpc) is 2.17. The molecule has 1 unspecified atom stereocenters. The maximum absolute atomic E-state index is 4.47. The van der Waals surface area contributed by atoms with Gasteiger partial charge in [-0.1, -0.05) is 32.0 Å². The largest absolute Gasteiger partial charge is 0.363 e. The zero-order valence-corrected chi connectivity index (χ0v) is 8.70. The molecule has 0 radical (unpaired) electrons. The van der Waals surface area contributed by atoms with E-state index in [0.29, 0.717) is 5.92 Å². The topological polar surface area (TPSA) is 24.4 Å². The SMILES string of the molecule is CC(C)CC1N=Cc2ccccc2N1. The molecule has 0 saturated carbocycles. The molecule has 1 aliphatic rings. The van der Waals surface area contributed by atoms with Crippen LogP contribution in [0, 0.1) is 5.92 Å². The molecular formula is C12H16N2. The predicted octanol–water partition coefficient (Wildman–Crippen LogP) is 2.90. The van der Waals surface area contributed by atoms with Crippen molar-refractivity contribution in [1.29, 1.82) is 0 Å². The number of anilines is 1. The highest BCUT2D eigenvalue weighted by Crippen LogP contribution is 2.21. The smallest absolute Gasteiger partial charge is 0.118 e. The molecule has 2 rings (SSSR count). The summed E-state index contributed by atoms with van der Waals surface area (Å²) in [5.41, 5.74) is 2.39. The molecule has 0 saturated heterocycles. The lowest BCUT2D eigenvalue weighted by molar-refractivity contribution is 0.528. The van der Waals surface area contributed by atoms with Crippen LogP contribution in [-0.2, 0) is 0 Å². The fourth-order valence-corrected chi connectivity index (χ4v) is 1.69. The predicted molar refractivity (Wildman–Crippen MR) is 60.9 cm³/mol. The third kappa shape index (κ3) is 1.95. The number of nitrogens with one attached hydrogen (secondary N) is 1. The second-order valence-electron chi connectivity index (χ2n) is 4.16. The molecule has 0 amide bonds. The fourth-order valence-electron chi connectivity index (χ4n) is 1.69. The van der Waals surface area contributed by atoms with Gasteiger partial charge in [-0.15, -0.1) is 0 Å². The molecule has 2 nitrogen and oxygen atoms in total. The Bertz CT molecular complexity index is 342. The summed E-state index contributed by atoms with van der Waals surface area (Å²) >= 11 is 0. The van der Waals surface area contributed by atoms with Crippen molar-refractivity contribution in [2.45, 2.75) is 26.4 Å². The summed E-state index contributed by atoms with van der Waals surface area (Å²) in [6.45, 7) is 4.44. The van der Waals surface area contributed by atoms with Gasteiger partial charge < -0.3 is 5.32 Å². The molecular weight excluding hydrogens is 172 g/mol. The second-order valence-corrected chi connectivity index (χ2v) is 4.16. The van der Waals surface area contributed by atoms with Gasteiger partial charge in [0.05, 0.1) is 0 Å². The summed E-state index contributed by atoms with van der Waals surface area (Å²) in [5.74, 6) is 0.676. The first-order valence-electron chi connectivity index (χ1n) is 5.14. The average molecular weight is 188 g/mol. The minimum absolute atomic E-state index is 0.255. The summed E-state index contributed by atoms with van der Waals surface area (Å²) in [4.78, 5) is 4.47. The molecule has 1 N–H and O–H groups in total. The number of hydrogen-bond acceptors (Lipinski definition) is 2. The van der Waals surface area contributed by atoms with Gasteiger partial charge in [0.15, 0.2) is 0 Å². The van der Waals surface area contributed by atoms with Crippen LogP contribution in [0.25, 0.3) is 0 Å². The molecule has 74 valence electrons. The van der Waals surface area contributed by atoms with Crippen molar-refractivity contribution in [3.05, 3.63) is 29.8 Å². The van der Waals surface area contributed by atoms with Crippen LogP contribution >= 0.6 is 0 Å². The summed E-state index contributed by atoms with van der Waals surface area (Å²) in [5, 5.41) is 3.43. The number of rotatable bonds is 2. The molecule has 0 spiro atoms. The third-order valence-electron chi connectivity index (χ3n) is 2.37. The lowest BCUT2D eigenvalue weighted by Crippen LogP contribution is -2.23. The van der Waals surface area contributed by atoms with E-state index in [4.69, 9.17) is 0 Å². The molecule has 1 atom stereocenters. The van der Waals surface area contributed by atoms with Gasteiger partial charge in [-0.2, -0.15) is 0 Å². The Kier molecular flexibility index (Phi) is 2.53. The first-order valence-corrected chi connectivity index (χ1v) is 5.14. The van der Waals surface area contributed by atoms with Crippen LogP contribution in [0.2, 0.25) is 0 Å². The number of nitrogens with zero attached hydrogens (tertiary/aromatic N) is 1. The van der Waals surface area contributed by atoms with Crippen LogP contribution in [0.1, 0.15) is 25.8 Å². The zero-order chi connectivity index (χ0) is 9.97. The Hall–Kier alpha value is -1.31. The number of para-hydroxylation sites is 1. The third-order valence-corrected chi connectivity index (χ3v) is 2.37. The highest BCUT2D eigenvalue weighted by Gasteiger charge is 2.13. The van der Waals surface area contributed by atoms with Crippen molar-refractivity contribution in [3.63, 3.8) is 0 Å². The zero-order valence-electron chi connectivity index (χ0n) is 8.70. The monoisotopic (exact) mass is 188 g/mol. The molecule has 0 bridgehead atoms. The molecule has 1 aliphatic heterocycles. The standard InChI is InChI=1S/C12H16N2/c1-9(2)7-12-13-8-10-5-3-4-6-11(10)14-12/h3-6,8-9,12,14H,7H2,1-2H3. The van der Waals surface area contributed by atoms with E-state index < -0.39 is 0 Å². The summed E-state index contributed by atoms with van der Waals surface area (Å²) in [7, 11) is 0. The van der Waals surface area contributed by atoms with E-state index >= 15 is 0 Å². The summed E-state index contributed by atoms with van der Waals surface area (Å²) < 4.78 is 0. The Balaban J connectivity index is 2.13. The fraction of sp³-hybridized carbons (Fsp3) is 0.417. The minimum atomic E-state index is 0.255. The van der Waals surface area contributed by atoms with E-state index in [0.717, 1.165) is 6.42 Å². The summed E-state index contributed by atoms with van der Waals surface area (Å²) in [6, 6.07) is 8.28. The van der Waals surface area contributed by atoms with E-state index in [9.17, 15) is 0 Å². The van der Waals surface area contributed by atoms with Crippen LogP contribution < -0.4 is 5.32 Å². The van der Waals surface area contributed by atoms with Crippen LogP contribution in [0.3, 0.4) is 0 Å². The Morgan fingerprint density at radius 3 is 2.93 bits per heavy atom. The van der Waals surface area contributed by atoms with Gasteiger partial charge in [-0.25, -0.2) is 0 Å². The van der Waals surface area contributed by atoms with Gasteiger partial charge in [-0.3, -0.25) is 4.99 Å². The normalized spacial score (nSPS) is 19.2. The van der Waals surface area contributed by atoms with Crippen LogP contribution in [-0.4, -0.2) is 12.4 Å². The molecule has 1 aromatic carbocycles. The van der Waals surface area contributed by atoms with E-state index in [1.165, 1.54) is 11.3 Å². The minimum Gasteiger partial charge on any atom is -0.363 e. The summed E-state index contributed by atoms with van der Waals surface area (Å²) in [6.07, 6.45) is 3.31. The van der Waals surface area contributed by atoms with E-state index in [2.05, 4.69) is 42.4 Å². The molecule has 14 heavy (non-hydrogen) atoms. The van der Waals surface area contributed by atoms with Gasteiger partial charge in [0.2, 0.25) is 0 Å². The number of fused-ring (bicyclic) bond motifs is 1. The van der Waals surface area contributed by atoms with Crippen LogP contribution in [0.4, 0.5) is 5.69 Å². The maximum atomic E-state index is 4.47. The quantitative estimate of drug-likeness (QED) is 0.758. The van der Waals surface area contributed by atoms with Crippen molar-refractivity contribution in [1.82, 2.24) is 0 Å². The first-order chi connectivity index (χ1) is 6.75. The Morgan fingerprint density at radius 1 is 1.36 bits per heavy atom. The lowest BCUT2D eigenvalue weighted by Gasteiger charge is -2.22. The van der Waals surface area contributed by atoms with Gasteiger partial charge in [0, 0.05) is 17.5 Å². The van der Waals surface area contributed by atoms with E-state index in [1.807, 2.05) is 12.3 Å². The maximum Gasteiger partial charge on any atom is 0.118 e. The van der Waals surface area contributed by atoms with Gasteiger partial charge >= 0.3 is 0 Å². The van der Waals surface area contributed by atoms with Crippen LogP contribution in [0.5, 0.6) is 0 Å². The second kappa shape index (κ2) is 3.82. The van der Waals surface area contributed by atoms with Crippen molar-refractivity contribution in [2.75, 3.05) is 5.32 Å². The lowest BCUT2D eigenvalue weighted by atomic mass is 10.1. The first kappa shape index (κ1) is 9.25. The number of aliphatic imine (C=N–C) groups is 1. The molecule has 1 heterocycles. The van der Waals surface area contributed by atoms with Crippen molar-refractivity contribution in [2.24, 2.45) is 10.9 Å². The van der Waals surface area contributed by atoms with Crippen molar-refractivity contribution < 1.29 is 0 Å². The van der Waals surface area contributed by atoms with Gasteiger partial charge in [0.25, 0.3) is 0 Å². The van der Waals surface area contributed by atoms with Crippen LogP contribution in [0.15, 0.2) is 29.3 Å². The highest BCUT2D eigenvalue weighted by molar-refractivity contribution is 5.89. The Labute approximate surface area is 85.1 Å². The van der Waals surface area contributed by atoms with Crippen molar-refractivity contribution >= 4 is 11.9 Å². The van der Waals surface area contributed by atoms with Gasteiger partial charge in [0.1, 0.15) is 6.17 Å². The molecule has 0 aliphatic carbocycles. The number of benzene rings is 1. The molecule has 2 heteroatoms. The molecule has 0 fully saturated rings.